The van der Waals surface area contributed by atoms with Crippen LogP contribution in [0.15, 0.2) is 74.9 Å². The molecular weight excluding hydrogens is 430 g/mol. The van der Waals surface area contributed by atoms with Crippen LogP contribution in [0.2, 0.25) is 5.02 Å². The number of amides is 1. The van der Waals surface area contributed by atoms with Gasteiger partial charge in [-0.25, -0.2) is 9.36 Å². The van der Waals surface area contributed by atoms with Crippen molar-refractivity contribution in [2.75, 3.05) is 0 Å². The summed E-state index contributed by atoms with van der Waals surface area (Å²) in [5, 5.41) is 3.48. The number of halogens is 1. The average molecular weight is 452 g/mol. The Morgan fingerprint density at radius 3 is 2.62 bits per heavy atom. The number of rotatable bonds is 6. The molecule has 2 heterocycles. The summed E-state index contributed by atoms with van der Waals surface area (Å²) in [5.41, 5.74) is 0.595. The average Bonchev–Trinajstić information content (AvgIpc) is 3.28. The Balaban J connectivity index is 1.92. The van der Waals surface area contributed by atoms with Crippen molar-refractivity contribution in [1.82, 2.24) is 14.5 Å². The van der Waals surface area contributed by atoms with Crippen LogP contribution in [0.3, 0.4) is 0 Å². The van der Waals surface area contributed by atoms with E-state index in [2.05, 4.69) is 5.32 Å². The Hall–Kier alpha value is -3.58. The summed E-state index contributed by atoms with van der Waals surface area (Å²) in [7, 11) is 0. The van der Waals surface area contributed by atoms with Gasteiger partial charge < -0.3 is 9.73 Å². The van der Waals surface area contributed by atoms with Crippen LogP contribution >= 0.6 is 11.6 Å². The highest BCUT2D eigenvalue weighted by Gasteiger charge is 2.25. The highest BCUT2D eigenvalue weighted by atomic mass is 35.5. The van der Waals surface area contributed by atoms with Crippen LogP contribution in [0, 0.1) is 6.92 Å². The van der Waals surface area contributed by atoms with Gasteiger partial charge in [0.2, 0.25) is 5.91 Å². The molecule has 0 saturated carbocycles. The van der Waals surface area contributed by atoms with Crippen LogP contribution in [0.5, 0.6) is 0 Å². The lowest BCUT2D eigenvalue weighted by Gasteiger charge is -2.21. The second-order valence-corrected chi connectivity index (χ2v) is 7.95. The third-order valence-corrected chi connectivity index (χ3v) is 5.56. The molecule has 0 spiro atoms. The lowest BCUT2D eigenvalue weighted by atomic mass is 10.1. The largest absolute Gasteiger partial charge is 0.467 e. The van der Waals surface area contributed by atoms with Crippen molar-refractivity contribution in [2.24, 2.45) is 0 Å². The predicted molar refractivity (Wildman–Crippen MR) is 123 cm³/mol. The maximum atomic E-state index is 13.6. The summed E-state index contributed by atoms with van der Waals surface area (Å²) in [6.45, 7) is 3.88. The normalized spacial score (nSPS) is 12.1. The molecule has 2 aromatic carbocycles. The smallest absolute Gasteiger partial charge is 0.336 e. The Bertz CT molecular complexity index is 1400. The molecule has 8 heteroatoms. The lowest BCUT2D eigenvalue weighted by molar-refractivity contribution is -0.124. The van der Waals surface area contributed by atoms with Gasteiger partial charge in [-0.2, -0.15) is 0 Å². The van der Waals surface area contributed by atoms with Gasteiger partial charge in [-0.1, -0.05) is 30.7 Å². The molecule has 0 aliphatic rings. The molecule has 4 rings (SSSR count). The van der Waals surface area contributed by atoms with Gasteiger partial charge in [-0.05, 0) is 61.4 Å². The topological polar surface area (TPSA) is 86.2 Å². The number of hydrogen-bond donors (Lipinski definition) is 1. The van der Waals surface area contributed by atoms with Crippen LogP contribution < -0.4 is 16.6 Å². The molecule has 0 aliphatic carbocycles. The molecule has 0 bridgehead atoms. The van der Waals surface area contributed by atoms with Crippen molar-refractivity contribution in [3.8, 4) is 5.69 Å². The van der Waals surface area contributed by atoms with Gasteiger partial charge in [0.1, 0.15) is 11.8 Å². The molecule has 0 radical (unpaired) electrons. The van der Waals surface area contributed by atoms with Gasteiger partial charge >= 0.3 is 5.69 Å². The Kier molecular flexibility index (Phi) is 6.01. The molecule has 0 saturated heterocycles. The van der Waals surface area contributed by atoms with Gasteiger partial charge in [0, 0.05) is 5.02 Å². The van der Waals surface area contributed by atoms with Crippen LogP contribution in [0.4, 0.5) is 0 Å². The maximum absolute atomic E-state index is 13.6. The fourth-order valence-electron chi connectivity index (χ4n) is 3.79. The number of furan rings is 1. The highest BCUT2D eigenvalue weighted by molar-refractivity contribution is 6.31. The number of aryl methyl sites for hydroxylation is 1. The minimum absolute atomic E-state index is 0.188. The molecular formula is C24H22ClN3O4. The highest BCUT2D eigenvalue weighted by Crippen LogP contribution is 2.21. The van der Waals surface area contributed by atoms with E-state index in [0.717, 1.165) is 10.1 Å². The SMILES string of the molecule is CC[C@@H](C(=O)NCc1ccco1)n1c(=O)n(-c2cccc(C)c2)c(=O)c2ccc(Cl)cc21. The number of fused-ring (bicyclic) bond motifs is 1. The van der Waals surface area contributed by atoms with E-state index in [0.29, 0.717) is 33.8 Å². The monoisotopic (exact) mass is 451 g/mol. The molecule has 2 aromatic heterocycles. The first kappa shape index (κ1) is 21.6. The zero-order valence-corrected chi connectivity index (χ0v) is 18.4. The van der Waals surface area contributed by atoms with Crippen molar-refractivity contribution >= 4 is 28.4 Å². The summed E-state index contributed by atoms with van der Waals surface area (Å²) in [6.07, 6.45) is 1.86. The maximum Gasteiger partial charge on any atom is 0.336 e. The van der Waals surface area contributed by atoms with E-state index in [4.69, 9.17) is 16.0 Å². The molecule has 0 aliphatic heterocycles. The van der Waals surface area contributed by atoms with Crippen LogP contribution in [0.25, 0.3) is 16.6 Å². The zero-order chi connectivity index (χ0) is 22.8. The molecule has 4 aromatic rings. The summed E-state index contributed by atoms with van der Waals surface area (Å²) < 4.78 is 7.72. The van der Waals surface area contributed by atoms with Crippen molar-refractivity contribution in [2.45, 2.75) is 32.9 Å². The molecule has 1 atom stereocenters. The molecule has 1 N–H and O–H groups in total. The second-order valence-electron chi connectivity index (χ2n) is 7.51. The van der Waals surface area contributed by atoms with Gasteiger partial charge in [0.05, 0.1) is 29.4 Å². The predicted octanol–water partition coefficient (Wildman–Crippen LogP) is 3.97. The molecule has 164 valence electrons. The standard InChI is InChI=1S/C24H22ClN3O4/c1-3-20(22(29)26-14-18-8-5-11-32-18)28-21-13-16(25)9-10-19(21)23(30)27(24(28)31)17-7-4-6-15(2)12-17/h4-13,20H,3,14H2,1-2H3,(H,26,29)/t20-/m0/s1. The van der Waals surface area contributed by atoms with Crippen LogP contribution in [-0.2, 0) is 11.3 Å². The third-order valence-electron chi connectivity index (χ3n) is 5.33. The van der Waals surface area contributed by atoms with E-state index in [1.807, 2.05) is 19.9 Å². The Morgan fingerprint density at radius 1 is 1.12 bits per heavy atom. The lowest BCUT2D eigenvalue weighted by Crippen LogP contribution is -2.44. The van der Waals surface area contributed by atoms with E-state index < -0.39 is 17.3 Å². The van der Waals surface area contributed by atoms with Gasteiger partial charge in [0.15, 0.2) is 0 Å². The first-order valence-corrected chi connectivity index (χ1v) is 10.6. The summed E-state index contributed by atoms with van der Waals surface area (Å²) in [6, 6.07) is 14.5. The zero-order valence-electron chi connectivity index (χ0n) is 17.7. The number of carbonyl (C=O) groups is 1. The first-order valence-electron chi connectivity index (χ1n) is 10.2. The molecule has 0 fully saturated rings. The fraction of sp³-hybridized carbons (Fsp3) is 0.208. The van der Waals surface area contributed by atoms with Gasteiger partial charge in [-0.3, -0.25) is 14.2 Å². The van der Waals surface area contributed by atoms with E-state index in [1.165, 1.54) is 10.8 Å². The number of hydrogen-bond acceptors (Lipinski definition) is 4. The van der Waals surface area contributed by atoms with Crippen molar-refractivity contribution in [3.63, 3.8) is 0 Å². The Morgan fingerprint density at radius 2 is 1.94 bits per heavy atom. The van der Waals surface area contributed by atoms with E-state index in [9.17, 15) is 14.4 Å². The molecule has 0 unspecified atom stereocenters. The number of nitrogens with one attached hydrogen (secondary N) is 1. The molecule has 32 heavy (non-hydrogen) atoms. The Labute approximate surface area is 188 Å². The van der Waals surface area contributed by atoms with Gasteiger partial charge in [0.25, 0.3) is 5.56 Å². The number of aromatic nitrogens is 2. The van der Waals surface area contributed by atoms with Crippen LogP contribution in [-0.4, -0.2) is 15.0 Å². The quantitative estimate of drug-likeness (QED) is 0.480. The number of benzene rings is 2. The van der Waals surface area contributed by atoms with Crippen LogP contribution in [0.1, 0.15) is 30.7 Å². The van der Waals surface area contributed by atoms with E-state index in [-0.39, 0.29) is 12.5 Å². The number of carbonyl (C=O) groups excluding carboxylic acids is 1. The summed E-state index contributed by atoms with van der Waals surface area (Å²) in [4.78, 5) is 40.0. The summed E-state index contributed by atoms with van der Waals surface area (Å²) in [5.74, 6) is 0.236. The first-order chi connectivity index (χ1) is 15.4. The summed E-state index contributed by atoms with van der Waals surface area (Å²) >= 11 is 6.19. The number of nitrogens with zero attached hydrogens (tertiary/aromatic N) is 2. The van der Waals surface area contributed by atoms with Gasteiger partial charge in [-0.15, -0.1) is 0 Å². The minimum atomic E-state index is -0.852. The van der Waals surface area contributed by atoms with E-state index in [1.54, 1.807) is 48.5 Å². The fourth-order valence-corrected chi connectivity index (χ4v) is 3.96. The van der Waals surface area contributed by atoms with E-state index >= 15 is 0 Å². The second kappa shape index (κ2) is 8.88. The van der Waals surface area contributed by atoms with Crippen molar-refractivity contribution in [1.29, 1.82) is 0 Å². The molecule has 7 nitrogen and oxygen atoms in total. The van der Waals surface area contributed by atoms with Crippen molar-refractivity contribution < 1.29 is 9.21 Å². The van der Waals surface area contributed by atoms with Crippen molar-refractivity contribution in [3.05, 3.63) is 98.0 Å². The molecule has 1 amide bonds. The minimum Gasteiger partial charge on any atom is -0.467 e. The third kappa shape index (κ3) is 3.99.